The molecule has 0 aliphatic heterocycles. The van der Waals surface area contributed by atoms with Crippen LogP contribution < -0.4 is 0 Å². The highest BCUT2D eigenvalue weighted by Gasteiger charge is 2.67. The summed E-state index contributed by atoms with van der Waals surface area (Å²) in [6.07, 6.45) is -0.694. The molecule has 8 rings (SSSR count). The Labute approximate surface area is 316 Å². The number of aryl methyl sites for hydroxylation is 1. The molecule has 0 radical (unpaired) electrons. The van der Waals surface area contributed by atoms with Crippen LogP contribution in [0.5, 0.6) is 0 Å². The van der Waals surface area contributed by atoms with E-state index in [1.165, 1.54) is 4.68 Å². The number of sulfone groups is 1. The molecule has 3 aliphatic rings. The van der Waals surface area contributed by atoms with Crippen LogP contribution >= 0.6 is 11.6 Å². The van der Waals surface area contributed by atoms with Crippen LogP contribution in [0.25, 0.3) is 22.0 Å². The van der Waals surface area contributed by atoms with Gasteiger partial charge < -0.3 is 0 Å². The van der Waals surface area contributed by atoms with Gasteiger partial charge in [-0.15, -0.1) is 0 Å². The fourth-order valence-corrected chi connectivity index (χ4v) is 8.84. The monoisotopic (exact) mass is 799 g/mol. The third-order valence-corrected chi connectivity index (χ3v) is 11.5. The Bertz CT molecular complexity index is 2570. The minimum Gasteiger partial charge on any atom is -0.298 e. The van der Waals surface area contributed by atoms with Crippen molar-refractivity contribution in [2.75, 3.05) is 6.26 Å². The van der Waals surface area contributed by atoms with Crippen molar-refractivity contribution in [2.24, 2.45) is 18.9 Å². The van der Waals surface area contributed by atoms with Crippen molar-refractivity contribution in [3.8, 4) is 23.0 Å². The lowest BCUT2D eigenvalue weighted by molar-refractivity contribution is -0.120. The number of rotatable bonds is 11. The number of fused-ring (bicyclic) bond motifs is 4. The molecule has 286 valence electrons. The quantitative estimate of drug-likeness (QED) is 0.0988. The lowest BCUT2D eigenvalue weighted by Gasteiger charge is -2.21. The number of benzene rings is 2. The van der Waals surface area contributed by atoms with Crippen LogP contribution in [0.4, 0.5) is 26.3 Å². The second kappa shape index (κ2) is 13.5. The lowest BCUT2D eigenvalue weighted by Crippen LogP contribution is -2.24. The van der Waals surface area contributed by atoms with E-state index in [2.05, 4.69) is 22.0 Å². The second-order valence-electron chi connectivity index (χ2n) is 14.7. The van der Waals surface area contributed by atoms with Crippen molar-refractivity contribution in [3.63, 3.8) is 0 Å². The van der Waals surface area contributed by atoms with Gasteiger partial charge in [-0.25, -0.2) is 31.0 Å². The Morgan fingerprint density at radius 2 is 1.75 bits per heavy atom. The third-order valence-electron chi connectivity index (χ3n) is 10.4. The van der Waals surface area contributed by atoms with Crippen LogP contribution in [0.3, 0.4) is 0 Å². The summed E-state index contributed by atoms with van der Waals surface area (Å²) in [6, 6.07) is 9.57. The molecule has 16 heteroatoms. The van der Waals surface area contributed by atoms with Crippen LogP contribution in [-0.4, -0.2) is 45.0 Å². The molecule has 8 nitrogen and oxygen atoms in total. The number of hydrogen-bond donors (Lipinski definition) is 0. The molecule has 3 aromatic heterocycles. The van der Waals surface area contributed by atoms with Crippen molar-refractivity contribution in [1.29, 1.82) is 0 Å². The molecule has 2 fully saturated rings. The van der Waals surface area contributed by atoms with Gasteiger partial charge in [-0.2, -0.15) is 19.0 Å². The Balaban J connectivity index is 1.26. The molecule has 0 bridgehead atoms. The average Bonchev–Trinajstić information content (AvgIpc) is 4.00. The molecule has 0 N–H and O–H groups in total. The van der Waals surface area contributed by atoms with Crippen LogP contribution in [-0.2, 0) is 46.3 Å². The zero-order valence-corrected chi connectivity index (χ0v) is 31.0. The minimum absolute atomic E-state index is 0.0600. The van der Waals surface area contributed by atoms with Gasteiger partial charge >= 0.3 is 0 Å². The van der Waals surface area contributed by atoms with Crippen LogP contribution in [0, 0.1) is 35.3 Å². The van der Waals surface area contributed by atoms with Crippen molar-refractivity contribution in [2.45, 2.75) is 68.6 Å². The summed E-state index contributed by atoms with van der Waals surface area (Å²) in [5.74, 6) is -2.66. The summed E-state index contributed by atoms with van der Waals surface area (Å²) in [5.41, 5.74) is 0.716. The predicted octanol–water partition coefficient (Wildman–Crippen LogP) is 8.20. The van der Waals surface area contributed by atoms with E-state index >= 15 is 8.78 Å². The predicted molar refractivity (Wildman–Crippen MR) is 191 cm³/mol. The highest BCUT2D eigenvalue weighted by Crippen LogP contribution is 2.68. The van der Waals surface area contributed by atoms with Gasteiger partial charge in [0.15, 0.2) is 15.6 Å². The van der Waals surface area contributed by atoms with Gasteiger partial charge in [-0.05, 0) is 73.4 Å². The summed E-state index contributed by atoms with van der Waals surface area (Å²) in [7, 11) is -1.92. The van der Waals surface area contributed by atoms with E-state index in [4.69, 9.17) is 16.6 Å². The number of alkyl halides is 4. The Morgan fingerprint density at radius 3 is 2.42 bits per heavy atom. The Kier molecular flexibility index (Phi) is 9.15. The van der Waals surface area contributed by atoms with Gasteiger partial charge in [0.05, 0.1) is 27.7 Å². The highest BCUT2D eigenvalue weighted by molar-refractivity contribution is 7.89. The van der Waals surface area contributed by atoms with Crippen molar-refractivity contribution < 1.29 is 39.6 Å². The Hall–Kier alpha value is -4.68. The maximum absolute atomic E-state index is 15.4. The standard InChI is InChI=1S/C39H32ClF6N5O3S/c1-50-36-27(9-10-30(40)33(36)31(48-50)18-55(2,53)54)26-8-7-24(6-5-19-3-4-19)47-34(26)21(11-20-12-22(41)15-23(42)13-20)14-25(52)17-51-37-32(35(49-51)38(43)44)28-16-29(28)39(37,45)46/h7-10,12-13,15,19,21,28-29,38H,3-4,11,14,16-18H2,1-2H3/t21-,28+,29-/m1/s1. The summed E-state index contributed by atoms with van der Waals surface area (Å²) in [6.45, 7) is -0.754. The van der Waals surface area contributed by atoms with Gasteiger partial charge in [0.1, 0.15) is 35.3 Å². The van der Waals surface area contributed by atoms with E-state index < -0.39 is 87.5 Å². The number of nitrogens with zero attached hydrogens (tertiary/aromatic N) is 5. The van der Waals surface area contributed by atoms with Crippen molar-refractivity contribution in [3.05, 3.63) is 98.7 Å². The van der Waals surface area contributed by atoms with E-state index in [1.54, 1.807) is 31.3 Å². The molecule has 0 amide bonds. The molecule has 0 spiro atoms. The molecular formula is C39H32ClF6N5O3S. The van der Waals surface area contributed by atoms with Crippen LogP contribution in [0.1, 0.15) is 83.5 Å². The van der Waals surface area contributed by atoms with E-state index in [0.717, 1.165) is 31.2 Å². The van der Waals surface area contributed by atoms with Crippen LogP contribution in [0.15, 0.2) is 42.5 Å². The average molecular weight is 800 g/mol. The first kappa shape index (κ1) is 37.3. The minimum atomic E-state index is -3.54. The van der Waals surface area contributed by atoms with Crippen molar-refractivity contribution in [1.82, 2.24) is 24.5 Å². The SMILES string of the molecule is Cn1nc(CS(C)(=O)=O)c2c(Cl)ccc(-c3ccc(C#CC4CC4)nc3[C@@H](CC(=O)Cn3nc(C(F)F)c4c3C(F)(F)[C@@H]3C[C@H]43)Cc3cc(F)cc(F)c3)c21. The molecular weight excluding hydrogens is 768 g/mol. The number of carbonyl (C=O) groups is 1. The Morgan fingerprint density at radius 1 is 1.04 bits per heavy atom. The van der Waals surface area contributed by atoms with Gasteiger partial charge in [0.2, 0.25) is 0 Å². The number of hydrogen-bond acceptors (Lipinski definition) is 6. The maximum Gasteiger partial charge on any atom is 0.293 e. The lowest BCUT2D eigenvalue weighted by atomic mass is 9.86. The molecule has 2 aromatic carbocycles. The number of pyridine rings is 1. The number of Topliss-reactive ketones (excluding diaryl/α,β-unsaturated/α-hetero) is 1. The molecule has 3 aliphatic carbocycles. The zero-order chi connectivity index (χ0) is 39.1. The van der Waals surface area contributed by atoms with E-state index in [9.17, 15) is 30.8 Å². The first-order chi connectivity index (χ1) is 26.0. The number of ketones is 1. The van der Waals surface area contributed by atoms with E-state index in [0.29, 0.717) is 38.5 Å². The maximum atomic E-state index is 15.4. The van der Waals surface area contributed by atoms with Gasteiger partial charge in [-0.1, -0.05) is 23.6 Å². The highest BCUT2D eigenvalue weighted by atomic mass is 35.5. The van der Waals surface area contributed by atoms with Gasteiger partial charge in [0.25, 0.3) is 12.3 Å². The number of halogens is 7. The zero-order valence-electron chi connectivity index (χ0n) is 29.4. The third kappa shape index (κ3) is 7.15. The summed E-state index contributed by atoms with van der Waals surface area (Å²) in [5, 5.41) is 8.87. The molecule has 2 saturated carbocycles. The molecule has 0 unspecified atom stereocenters. The van der Waals surface area contributed by atoms with E-state index in [-0.39, 0.29) is 46.3 Å². The smallest absolute Gasteiger partial charge is 0.293 e. The largest absolute Gasteiger partial charge is 0.298 e. The number of carbonyl (C=O) groups excluding carboxylic acids is 1. The summed E-state index contributed by atoms with van der Waals surface area (Å²) >= 11 is 6.64. The van der Waals surface area contributed by atoms with Gasteiger partial charge in [-0.3, -0.25) is 14.2 Å². The fraction of sp³-hybridized carbons (Fsp3) is 0.385. The molecule has 3 heterocycles. The van der Waals surface area contributed by atoms with Crippen LogP contribution in [0.2, 0.25) is 5.02 Å². The topological polar surface area (TPSA) is 99.7 Å². The first-order valence-electron chi connectivity index (χ1n) is 17.6. The fourth-order valence-electron chi connectivity index (χ4n) is 7.87. The molecule has 0 saturated heterocycles. The summed E-state index contributed by atoms with van der Waals surface area (Å²) in [4.78, 5) is 18.9. The summed E-state index contributed by atoms with van der Waals surface area (Å²) < 4.78 is 115. The number of aromatic nitrogens is 5. The van der Waals surface area contributed by atoms with E-state index in [1.807, 2.05) is 0 Å². The normalized spacial score (nSPS) is 18.9. The molecule has 5 aromatic rings. The van der Waals surface area contributed by atoms with Crippen molar-refractivity contribution >= 4 is 38.1 Å². The molecule has 55 heavy (non-hydrogen) atoms. The first-order valence-corrected chi connectivity index (χ1v) is 20.0. The van der Waals surface area contributed by atoms with Gasteiger partial charge in [0, 0.05) is 65.6 Å². The molecule has 3 atom stereocenters. The second-order valence-corrected chi connectivity index (χ2v) is 17.3.